The molecular weight excluding hydrogens is 320 g/mol. The Morgan fingerprint density at radius 1 is 1.28 bits per heavy atom. The van der Waals surface area contributed by atoms with Crippen LogP contribution in [0.15, 0.2) is 24.3 Å². The second-order valence-electron chi connectivity index (χ2n) is 6.87. The zero-order valence-corrected chi connectivity index (χ0v) is 15.1. The Morgan fingerprint density at radius 2 is 2.04 bits per heavy atom. The lowest BCUT2D eigenvalue weighted by Gasteiger charge is -2.18. The molecule has 5 heteroatoms. The molecule has 1 rings (SSSR count). The average Bonchev–Trinajstić information content (AvgIpc) is 2.82. The number of allylic oxidation sites excluding steroid dienone is 2. The van der Waals surface area contributed by atoms with Crippen LogP contribution in [0.2, 0.25) is 0 Å². The van der Waals surface area contributed by atoms with Gasteiger partial charge in [-0.1, -0.05) is 44.1 Å². The van der Waals surface area contributed by atoms with Gasteiger partial charge in [0.25, 0.3) is 0 Å². The molecule has 0 aromatic carbocycles. The van der Waals surface area contributed by atoms with Crippen LogP contribution in [0.25, 0.3) is 0 Å². The molecule has 3 N–H and O–H groups in total. The fraction of sp³-hybridized carbons (Fsp3) is 0.700. The molecule has 4 atom stereocenters. The third-order valence-electron chi connectivity index (χ3n) is 4.72. The highest BCUT2D eigenvalue weighted by atomic mass is 16.4. The van der Waals surface area contributed by atoms with Gasteiger partial charge in [0.05, 0.1) is 12.2 Å². The number of aliphatic hydroxyl groups is 2. The van der Waals surface area contributed by atoms with Gasteiger partial charge in [-0.3, -0.25) is 9.59 Å². The number of unbranched alkanes of at least 4 members (excludes halogenated alkanes) is 3. The Balaban J connectivity index is 2.45. The average molecular weight is 352 g/mol. The fourth-order valence-corrected chi connectivity index (χ4v) is 3.27. The number of rotatable bonds is 12. The highest BCUT2D eigenvalue weighted by Gasteiger charge is 2.39. The van der Waals surface area contributed by atoms with E-state index in [-0.39, 0.29) is 24.5 Å². The summed E-state index contributed by atoms with van der Waals surface area (Å²) in [6.45, 7) is 2.16. The van der Waals surface area contributed by atoms with Crippen LogP contribution in [0, 0.1) is 11.8 Å². The van der Waals surface area contributed by atoms with Gasteiger partial charge in [0.2, 0.25) is 0 Å². The molecule has 1 aliphatic rings. The maximum absolute atomic E-state index is 12.0. The number of carboxylic acid groups (broad SMARTS) is 1. The molecule has 0 aromatic heterocycles. The predicted molar refractivity (Wildman–Crippen MR) is 97.1 cm³/mol. The van der Waals surface area contributed by atoms with Crippen molar-refractivity contribution >= 4 is 11.8 Å². The molecule has 142 valence electrons. The summed E-state index contributed by atoms with van der Waals surface area (Å²) >= 11 is 0. The van der Waals surface area contributed by atoms with Crippen molar-refractivity contribution in [3.8, 4) is 0 Å². The third kappa shape index (κ3) is 8.45. The van der Waals surface area contributed by atoms with Crippen LogP contribution in [0.1, 0.15) is 64.7 Å². The Kier molecular flexibility index (Phi) is 10.3. The van der Waals surface area contributed by atoms with E-state index in [4.69, 9.17) is 5.11 Å². The lowest BCUT2D eigenvalue weighted by Crippen LogP contribution is -2.20. The van der Waals surface area contributed by atoms with E-state index < -0.39 is 24.1 Å². The zero-order chi connectivity index (χ0) is 18.7. The van der Waals surface area contributed by atoms with Crippen LogP contribution in [0.5, 0.6) is 0 Å². The minimum atomic E-state index is -0.868. The van der Waals surface area contributed by atoms with Crippen molar-refractivity contribution < 1.29 is 24.9 Å². The van der Waals surface area contributed by atoms with Crippen LogP contribution >= 0.6 is 0 Å². The van der Waals surface area contributed by atoms with E-state index in [0.717, 1.165) is 12.8 Å². The van der Waals surface area contributed by atoms with Crippen LogP contribution < -0.4 is 0 Å². The minimum absolute atomic E-state index is 0.0358. The summed E-state index contributed by atoms with van der Waals surface area (Å²) in [5.41, 5.74) is 0. The van der Waals surface area contributed by atoms with E-state index >= 15 is 0 Å². The molecule has 0 heterocycles. The molecule has 25 heavy (non-hydrogen) atoms. The SMILES string of the molecule is CCCCC/C=C\C[C@H](O)/C=C/[C@H]1C(=O)C[C@H](O)[C@H]1CCCC(=O)O. The van der Waals surface area contributed by atoms with Crippen molar-refractivity contribution in [1.29, 1.82) is 0 Å². The molecule has 5 nitrogen and oxygen atoms in total. The first kappa shape index (κ1) is 21.6. The number of carbonyl (C=O) groups is 2. The van der Waals surface area contributed by atoms with Gasteiger partial charge in [0.1, 0.15) is 5.78 Å². The monoisotopic (exact) mass is 352 g/mol. The Hall–Kier alpha value is -1.46. The van der Waals surface area contributed by atoms with Crippen molar-refractivity contribution in [3.05, 3.63) is 24.3 Å². The highest BCUT2D eigenvalue weighted by Crippen LogP contribution is 2.34. The number of aliphatic hydroxyl groups excluding tert-OH is 2. The molecule has 0 unspecified atom stereocenters. The molecular formula is C20H32O5. The summed E-state index contributed by atoms with van der Waals surface area (Å²) in [7, 11) is 0. The quantitative estimate of drug-likeness (QED) is 0.370. The van der Waals surface area contributed by atoms with Gasteiger partial charge in [-0.2, -0.15) is 0 Å². The molecule has 0 saturated heterocycles. The number of Topliss-reactive ketones (excluding diaryl/α,β-unsaturated/α-hetero) is 1. The molecule has 0 bridgehead atoms. The van der Waals surface area contributed by atoms with Gasteiger partial charge in [-0.05, 0) is 38.0 Å². The van der Waals surface area contributed by atoms with Crippen molar-refractivity contribution in [1.82, 2.24) is 0 Å². The van der Waals surface area contributed by atoms with Gasteiger partial charge < -0.3 is 15.3 Å². The molecule has 0 aromatic rings. The van der Waals surface area contributed by atoms with Crippen LogP contribution in [0.4, 0.5) is 0 Å². The summed E-state index contributed by atoms with van der Waals surface area (Å²) < 4.78 is 0. The van der Waals surface area contributed by atoms with Crippen molar-refractivity contribution in [3.63, 3.8) is 0 Å². The zero-order valence-electron chi connectivity index (χ0n) is 15.1. The largest absolute Gasteiger partial charge is 0.481 e. The topological polar surface area (TPSA) is 94.8 Å². The van der Waals surface area contributed by atoms with E-state index in [1.54, 1.807) is 12.2 Å². The van der Waals surface area contributed by atoms with E-state index in [2.05, 4.69) is 13.0 Å². The van der Waals surface area contributed by atoms with Gasteiger partial charge >= 0.3 is 5.97 Å². The van der Waals surface area contributed by atoms with Crippen molar-refractivity contribution in [2.75, 3.05) is 0 Å². The van der Waals surface area contributed by atoms with E-state index in [1.165, 1.54) is 12.8 Å². The molecule has 1 aliphatic carbocycles. The second-order valence-corrected chi connectivity index (χ2v) is 6.87. The van der Waals surface area contributed by atoms with Crippen LogP contribution in [0.3, 0.4) is 0 Å². The van der Waals surface area contributed by atoms with Crippen molar-refractivity contribution in [2.45, 2.75) is 76.9 Å². The molecule has 1 fully saturated rings. The standard InChI is InChI=1S/C20H32O5/c1-2-3-4-5-6-7-9-15(21)12-13-17-16(10-8-11-20(24)25)18(22)14-19(17)23/h6-7,12-13,15-18,21-22H,2-5,8-11,14H2,1H3,(H,24,25)/b7-6-,13-12+/t15-,16-,17+,18-/m0/s1. The molecule has 0 spiro atoms. The lowest BCUT2D eigenvalue weighted by atomic mass is 9.88. The second kappa shape index (κ2) is 12.0. The first-order valence-corrected chi connectivity index (χ1v) is 9.39. The van der Waals surface area contributed by atoms with Crippen molar-refractivity contribution in [2.24, 2.45) is 11.8 Å². The van der Waals surface area contributed by atoms with Gasteiger partial charge in [-0.25, -0.2) is 0 Å². The Morgan fingerprint density at radius 3 is 2.72 bits per heavy atom. The fourth-order valence-electron chi connectivity index (χ4n) is 3.27. The van der Waals surface area contributed by atoms with Gasteiger partial charge in [-0.15, -0.1) is 0 Å². The summed E-state index contributed by atoms with van der Waals surface area (Å²) in [4.78, 5) is 22.7. The Labute approximate surface area is 150 Å². The normalized spacial score (nSPS) is 25.2. The first-order chi connectivity index (χ1) is 12.0. The summed E-state index contributed by atoms with van der Waals surface area (Å²) in [6, 6.07) is 0. The Bertz CT molecular complexity index is 469. The molecule has 0 aliphatic heterocycles. The highest BCUT2D eigenvalue weighted by molar-refractivity contribution is 5.86. The van der Waals surface area contributed by atoms with E-state index in [1.807, 2.05) is 6.08 Å². The predicted octanol–water partition coefficient (Wildman–Crippen LogP) is 3.25. The van der Waals surface area contributed by atoms with E-state index in [9.17, 15) is 19.8 Å². The van der Waals surface area contributed by atoms with Gasteiger partial charge in [0, 0.05) is 18.8 Å². The minimum Gasteiger partial charge on any atom is -0.481 e. The summed E-state index contributed by atoms with van der Waals surface area (Å²) in [5, 5.41) is 28.8. The third-order valence-corrected chi connectivity index (χ3v) is 4.72. The summed E-state index contributed by atoms with van der Waals surface area (Å²) in [5.74, 6) is -1.58. The van der Waals surface area contributed by atoms with Crippen LogP contribution in [-0.2, 0) is 9.59 Å². The first-order valence-electron chi connectivity index (χ1n) is 9.39. The number of hydrogen-bond acceptors (Lipinski definition) is 4. The number of carboxylic acids is 1. The number of aliphatic carboxylic acids is 1. The molecule has 0 radical (unpaired) electrons. The number of ketones is 1. The number of carbonyl (C=O) groups excluding carboxylic acids is 1. The van der Waals surface area contributed by atoms with Gasteiger partial charge in [0.15, 0.2) is 0 Å². The van der Waals surface area contributed by atoms with Crippen LogP contribution in [-0.4, -0.2) is 39.3 Å². The molecule has 0 amide bonds. The lowest BCUT2D eigenvalue weighted by molar-refractivity contribution is -0.137. The molecule has 1 saturated carbocycles. The van der Waals surface area contributed by atoms with E-state index in [0.29, 0.717) is 19.3 Å². The maximum atomic E-state index is 12.0. The smallest absolute Gasteiger partial charge is 0.303 e. The maximum Gasteiger partial charge on any atom is 0.303 e. The summed E-state index contributed by atoms with van der Waals surface area (Å²) in [6.07, 6.45) is 12.2. The number of hydrogen-bond donors (Lipinski definition) is 3.